The van der Waals surface area contributed by atoms with E-state index in [9.17, 15) is 0 Å². The highest BCUT2D eigenvalue weighted by Gasteiger charge is 2.01. The highest BCUT2D eigenvalue weighted by atomic mass is 35.5. The first-order valence-electron chi connectivity index (χ1n) is 3.38. The molecule has 0 aromatic heterocycles. The third-order valence-electron chi connectivity index (χ3n) is 1.45. The monoisotopic (exact) mass is 225 g/mol. The molecule has 0 aliphatic carbocycles. The van der Waals surface area contributed by atoms with Gasteiger partial charge < -0.3 is 5.73 Å². The lowest BCUT2D eigenvalue weighted by Gasteiger charge is -2.02. The SMILES string of the molecule is Cl.NCCc1cccc(Cl)c1Cl. The van der Waals surface area contributed by atoms with Crippen molar-refractivity contribution in [2.45, 2.75) is 6.42 Å². The zero-order valence-corrected chi connectivity index (χ0v) is 8.72. The summed E-state index contributed by atoms with van der Waals surface area (Å²) < 4.78 is 0. The number of rotatable bonds is 2. The van der Waals surface area contributed by atoms with Gasteiger partial charge in [-0.1, -0.05) is 35.3 Å². The lowest BCUT2D eigenvalue weighted by Crippen LogP contribution is -2.02. The van der Waals surface area contributed by atoms with Crippen LogP contribution in [0.4, 0.5) is 0 Å². The molecule has 12 heavy (non-hydrogen) atoms. The Hall–Kier alpha value is 0.0500. The minimum atomic E-state index is 0. The standard InChI is InChI=1S/C8H9Cl2N.ClH/c9-7-3-1-2-6(4-5-11)8(7)10;/h1-3H,4-5,11H2;1H. The summed E-state index contributed by atoms with van der Waals surface area (Å²) in [7, 11) is 0. The fourth-order valence-corrected chi connectivity index (χ4v) is 1.31. The van der Waals surface area contributed by atoms with E-state index in [2.05, 4.69) is 0 Å². The van der Waals surface area contributed by atoms with Gasteiger partial charge in [0, 0.05) is 0 Å². The molecule has 0 aliphatic rings. The van der Waals surface area contributed by atoms with Crippen molar-refractivity contribution < 1.29 is 0 Å². The molecule has 4 heteroatoms. The molecule has 0 amide bonds. The van der Waals surface area contributed by atoms with Gasteiger partial charge >= 0.3 is 0 Å². The normalized spacial score (nSPS) is 9.25. The van der Waals surface area contributed by atoms with Crippen molar-refractivity contribution in [3.05, 3.63) is 33.8 Å². The predicted molar refractivity (Wildman–Crippen MR) is 56.5 cm³/mol. The Bertz CT molecular complexity index is 250. The van der Waals surface area contributed by atoms with Gasteiger partial charge in [0.1, 0.15) is 0 Å². The molecule has 0 unspecified atom stereocenters. The summed E-state index contributed by atoms with van der Waals surface area (Å²) in [6.07, 6.45) is 0.777. The highest BCUT2D eigenvalue weighted by molar-refractivity contribution is 6.42. The maximum absolute atomic E-state index is 5.88. The van der Waals surface area contributed by atoms with E-state index in [0.29, 0.717) is 16.6 Å². The number of halogens is 3. The van der Waals surface area contributed by atoms with Gasteiger partial charge in [0.2, 0.25) is 0 Å². The molecule has 0 spiro atoms. The second kappa shape index (κ2) is 5.65. The first kappa shape index (κ1) is 12.0. The van der Waals surface area contributed by atoms with Crippen LogP contribution >= 0.6 is 35.6 Å². The molecule has 0 saturated carbocycles. The van der Waals surface area contributed by atoms with Crippen molar-refractivity contribution in [2.75, 3.05) is 6.54 Å². The Balaban J connectivity index is 0.00000121. The summed E-state index contributed by atoms with van der Waals surface area (Å²) in [6, 6.07) is 5.57. The molecule has 2 N–H and O–H groups in total. The molecule has 0 heterocycles. The van der Waals surface area contributed by atoms with Gasteiger partial charge in [-0.3, -0.25) is 0 Å². The Morgan fingerprint density at radius 1 is 1.25 bits per heavy atom. The number of benzene rings is 1. The lowest BCUT2D eigenvalue weighted by molar-refractivity contribution is 0.969. The van der Waals surface area contributed by atoms with Crippen LogP contribution in [-0.2, 0) is 6.42 Å². The topological polar surface area (TPSA) is 26.0 Å². The van der Waals surface area contributed by atoms with Crippen LogP contribution in [0.5, 0.6) is 0 Å². The average Bonchev–Trinajstić information content (AvgIpc) is 1.99. The van der Waals surface area contributed by atoms with Crippen LogP contribution < -0.4 is 5.73 Å². The largest absolute Gasteiger partial charge is 0.330 e. The molecule has 0 fully saturated rings. The van der Waals surface area contributed by atoms with Crippen LogP contribution in [0.1, 0.15) is 5.56 Å². The molecule has 0 radical (unpaired) electrons. The van der Waals surface area contributed by atoms with Gasteiger partial charge in [-0.2, -0.15) is 0 Å². The average molecular weight is 227 g/mol. The smallest absolute Gasteiger partial charge is 0.0624 e. The van der Waals surface area contributed by atoms with E-state index < -0.39 is 0 Å². The van der Waals surface area contributed by atoms with Crippen LogP contribution in [0, 0.1) is 0 Å². The van der Waals surface area contributed by atoms with Gasteiger partial charge in [0.15, 0.2) is 0 Å². The maximum Gasteiger partial charge on any atom is 0.0624 e. The molecule has 1 aromatic rings. The fraction of sp³-hybridized carbons (Fsp3) is 0.250. The van der Waals surface area contributed by atoms with Crippen LogP contribution in [0.2, 0.25) is 10.0 Å². The number of hydrogen-bond acceptors (Lipinski definition) is 1. The van der Waals surface area contributed by atoms with Crippen molar-refractivity contribution in [2.24, 2.45) is 5.73 Å². The van der Waals surface area contributed by atoms with Crippen LogP contribution in [0.25, 0.3) is 0 Å². The summed E-state index contributed by atoms with van der Waals surface area (Å²) >= 11 is 11.7. The first-order valence-corrected chi connectivity index (χ1v) is 4.14. The van der Waals surface area contributed by atoms with Crippen LogP contribution in [0.15, 0.2) is 18.2 Å². The second-order valence-corrected chi connectivity index (χ2v) is 3.04. The minimum Gasteiger partial charge on any atom is -0.330 e. The van der Waals surface area contributed by atoms with E-state index >= 15 is 0 Å². The maximum atomic E-state index is 5.88. The van der Waals surface area contributed by atoms with Gasteiger partial charge in [-0.25, -0.2) is 0 Å². The molecule has 0 aliphatic heterocycles. The van der Waals surface area contributed by atoms with Gasteiger partial charge in [-0.05, 0) is 24.6 Å². The molecule has 0 saturated heterocycles. The van der Waals surface area contributed by atoms with Crippen molar-refractivity contribution in [3.63, 3.8) is 0 Å². The summed E-state index contributed by atoms with van der Waals surface area (Å²) in [4.78, 5) is 0. The molecule has 0 bridgehead atoms. The van der Waals surface area contributed by atoms with Gasteiger partial charge in [-0.15, -0.1) is 12.4 Å². The minimum absolute atomic E-state index is 0. The molecule has 1 nitrogen and oxygen atoms in total. The molecular weight excluding hydrogens is 216 g/mol. The van der Waals surface area contributed by atoms with E-state index in [0.717, 1.165) is 12.0 Å². The Morgan fingerprint density at radius 2 is 1.92 bits per heavy atom. The quantitative estimate of drug-likeness (QED) is 0.824. The molecule has 68 valence electrons. The molecule has 0 atom stereocenters. The number of nitrogens with two attached hydrogens (primary N) is 1. The van der Waals surface area contributed by atoms with E-state index in [1.807, 2.05) is 12.1 Å². The Labute approximate surface area is 88.3 Å². The predicted octanol–water partition coefficient (Wildman–Crippen LogP) is 2.92. The Morgan fingerprint density at radius 3 is 2.50 bits per heavy atom. The summed E-state index contributed by atoms with van der Waals surface area (Å²) in [6.45, 7) is 0.597. The summed E-state index contributed by atoms with van der Waals surface area (Å²) in [5.41, 5.74) is 6.39. The number of hydrogen-bond donors (Lipinski definition) is 1. The molecule has 1 aromatic carbocycles. The van der Waals surface area contributed by atoms with E-state index in [1.165, 1.54) is 0 Å². The van der Waals surface area contributed by atoms with E-state index in [-0.39, 0.29) is 12.4 Å². The zero-order valence-electron chi connectivity index (χ0n) is 6.39. The van der Waals surface area contributed by atoms with E-state index in [4.69, 9.17) is 28.9 Å². The summed E-state index contributed by atoms with van der Waals surface area (Å²) in [5.74, 6) is 0. The van der Waals surface area contributed by atoms with Crippen molar-refractivity contribution in [3.8, 4) is 0 Å². The van der Waals surface area contributed by atoms with Gasteiger partial charge in [0.25, 0.3) is 0 Å². The third-order valence-corrected chi connectivity index (χ3v) is 2.30. The lowest BCUT2D eigenvalue weighted by atomic mass is 10.1. The highest BCUT2D eigenvalue weighted by Crippen LogP contribution is 2.25. The van der Waals surface area contributed by atoms with Crippen molar-refractivity contribution in [1.29, 1.82) is 0 Å². The third kappa shape index (κ3) is 2.83. The van der Waals surface area contributed by atoms with Crippen molar-refractivity contribution in [1.82, 2.24) is 0 Å². The van der Waals surface area contributed by atoms with Crippen LogP contribution in [-0.4, -0.2) is 6.54 Å². The molecule has 1 rings (SSSR count). The van der Waals surface area contributed by atoms with Crippen LogP contribution in [0.3, 0.4) is 0 Å². The first-order chi connectivity index (χ1) is 5.25. The molecular formula is C8H10Cl3N. The van der Waals surface area contributed by atoms with E-state index in [1.54, 1.807) is 6.07 Å². The second-order valence-electron chi connectivity index (χ2n) is 2.25. The zero-order chi connectivity index (χ0) is 8.27. The summed E-state index contributed by atoms with van der Waals surface area (Å²) in [5, 5.41) is 1.22. The van der Waals surface area contributed by atoms with Gasteiger partial charge in [0.05, 0.1) is 10.0 Å². The Kier molecular flexibility index (Phi) is 5.68. The van der Waals surface area contributed by atoms with Crippen molar-refractivity contribution >= 4 is 35.6 Å². The fourth-order valence-electron chi connectivity index (χ4n) is 0.897.